The highest BCUT2D eigenvalue weighted by Gasteiger charge is 2.22. The van der Waals surface area contributed by atoms with Crippen molar-refractivity contribution < 1.29 is 19.0 Å². The molecule has 0 saturated heterocycles. The molecular formula is C17H17FO3. The molecule has 0 spiro atoms. The van der Waals surface area contributed by atoms with Crippen LogP contribution in [0.15, 0.2) is 48.5 Å². The molecule has 4 heteroatoms. The van der Waals surface area contributed by atoms with Crippen molar-refractivity contribution in [1.82, 2.24) is 0 Å². The fraction of sp³-hybridized carbons (Fsp3) is 0.235. The summed E-state index contributed by atoms with van der Waals surface area (Å²) in [4.78, 5) is 11.3. The molecule has 0 fully saturated rings. The summed E-state index contributed by atoms with van der Waals surface area (Å²) in [6.07, 6.45) is 0.212. The summed E-state index contributed by atoms with van der Waals surface area (Å²) >= 11 is 0. The molecule has 3 nitrogen and oxygen atoms in total. The number of aliphatic carboxylic acids is 1. The first-order valence-corrected chi connectivity index (χ1v) is 6.74. The summed E-state index contributed by atoms with van der Waals surface area (Å²) in [5.74, 6) is -1.78. The Labute approximate surface area is 123 Å². The van der Waals surface area contributed by atoms with Crippen LogP contribution in [0.5, 0.6) is 5.75 Å². The summed E-state index contributed by atoms with van der Waals surface area (Å²) in [7, 11) is 0. The van der Waals surface area contributed by atoms with Crippen LogP contribution in [0.4, 0.5) is 4.39 Å². The normalized spacial score (nSPS) is 11.9. The van der Waals surface area contributed by atoms with Crippen LogP contribution in [0.25, 0.3) is 0 Å². The SMILES string of the molecule is Cc1ccc(OCCC(C(=O)O)c2ccccc2F)cc1. The smallest absolute Gasteiger partial charge is 0.311 e. The van der Waals surface area contributed by atoms with Crippen LogP contribution in [0.1, 0.15) is 23.5 Å². The molecule has 0 aliphatic carbocycles. The van der Waals surface area contributed by atoms with Crippen molar-refractivity contribution in [2.75, 3.05) is 6.61 Å². The molecule has 0 aromatic heterocycles. The molecule has 0 bridgehead atoms. The Morgan fingerprint density at radius 2 is 1.86 bits per heavy atom. The largest absolute Gasteiger partial charge is 0.494 e. The number of aryl methyl sites for hydroxylation is 1. The fourth-order valence-corrected chi connectivity index (χ4v) is 2.10. The number of carboxylic acid groups (broad SMARTS) is 1. The monoisotopic (exact) mass is 288 g/mol. The quantitative estimate of drug-likeness (QED) is 0.880. The van der Waals surface area contributed by atoms with Gasteiger partial charge in [0.05, 0.1) is 12.5 Å². The zero-order valence-corrected chi connectivity index (χ0v) is 11.8. The van der Waals surface area contributed by atoms with E-state index in [1.165, 1.54) is 12.1 Å². The third-order valence-electron chi connectivity index (χ3n) is 3.27. The molecule has 0 saturated carbocycles. The van der Waals surface area contributed by atoms with Gasteiger partial charge in [0.2, 0.25) is 0 Å². The van der Waals surface area contributed by atoms with E-state index in [1.807, 2.05) is 31.2 Å². The number of hydrogen-bond donors (Lipinski definition) is 1. The van der Waals surface area contributed by atoms with E-state index < -0.39 is 17.7 Å². The molecule has 0 amide bonds. The van der Waals surface area contributed by atoms with Gasteiger partial charge in [-0.1, -0.05) is 35.9 Å². The van der Waals surface area contributed by atoms with Gasteiger partial charge in [-0.25, -0.2) is 4.39 Å². The average Bonchev–Trinajstić information content (AvgIpc) is 2.46. The first kappa shape index (κ1) is 15.0. The van der Waals surface area contributed by atoms with Gasteiger partial charge in [-0.2, -0.15) is 0 Å². The highest BCUT2D eigenvalue weighted by molar-refractivity contribution is 5.76. The van der Waals surface area contributed by atoms with E-state index in [9.17, 15) is 14.3 Å². The van der Waals surface area contributed by atoms with Gasteiger partial charge in [0.1, 0.15) is 11.6 Å². The van der Waals surface area contributed by atoms with Gasteiger partial charge in [-0.05, 0) is 31.5 Å². The van der Waals surface area contributed by atoms with Crippen molar-refractivity contribution in [2.24, 2.45) is 0 Å². The van der Waals surface area contributed by atoms with Gasteiger partial charge in [0.15, 0.2) is 0 Å². The molecule has 1 N–H and O–H groups in total. The van der Waals surface area contributed by atoms with Gasteiger partial charge in [-0.3, -0.25) is 4.79 Å². The van der Waals surface area contributed by atoms with Crippen molar-refractivity contribution in [3.05, 3.63) is 65.5 Å². The van der Waals surface area contributed by atoms with E-state index >= 15 is 0 Å². The Bertz CT molecular complexity index is 608. The van der Waals surface area contributed by atoms with Crippen molar-refractivity contribution >= 4 is 5.97 Å². The second-order valence-electron chi connectivity index (χ2n) is 4.86. The number of hydrogen-bond acceptors (Lipinski definition) is 2. The molecule has 0 aliphatic rings. The topological polar surface area (TPSA) is 46.5 Å². The summed E-state index contributed by atoms with van der Waals surface area (Å²) < 4.78 is 19.2. The third-order valence-corrected chi connectivity index (χ3v) is 3.27. The lowest BCUT2D eigenvalue weighted by Crippen LogP contribution is -2.16. The lowest BCUT2D eigenvalue weighted by molar-refractivity contribution is -0.139. The number of halogens is 1. The Hall–Kier alpha value is -2.36. The molecule has 2 aromatic carbocycles. The van der Waals surface area contributed by atoms with Crippen LogP contribution in [-0.4, -0.2) is 17.7 Å². The number of benzene rings is 2. The van der Waals surface area contributed by atoms with Gasteiger partial charge >= 0.3 is 5.97 Å². The fourth-order valence-electron chi connectivity index (χ4n) is 2.10. The van der Waals surface area contributed by atoms with Crippen LogP contribution >= 0.6 is 0 Å². The van der Waals surface area contributed by atoms with Crippen LogP contribution in [0, 0.1) is 12.7 Å². The van der Waals surface area contributed by atoms with E-state index in [2.05, 4.69) is 0 Å². The predicted molar refractivity (Wildman–Crippen MR) is 78.1 cm³/mol. The Morgan fingerprint density at radius 1 is 1.19 bits per heavy atom. The molecule has 1 unspecified atom stereocenters. The van der Waals surface area contributed by atoms with E-state index in [4.69, 9.17) is 4.74 Å². The summed E-state index contributed by atoms with van der Waals surface area (Å²) in [5.41, 5.74) is 1.31. The lowest BCUT2D eigenvalue weighted by Gasteiger charge is -2.14. The van der Waals surface area contributed by atoms with E-state index in [1.54, 1.807) is 12.1 Å². The van der Waals surface area contributed by atoms with Crippen molar-refractivity contribution in [3.63, 3.8) is 0 Å². The first-order chi connectivity index (χ1) is 10.1. The summed E-state index contributed by atoms with van der Waals surface area (Å²) in [5, 5.41) is 9.26. The first-order valence-electron chi connectivity index (χ1n) is 6.74. The van der Waals surface area contributed by atoms with E-state index in [0.29, 0.717) is 5.75 Å². The predicted octanol–water partition coefficient (Wildman–Crippen LogP) is 3.77. The van der Waals surface area contributed by atoms with Crippen LogP contribution in [-0.2, 0) is 4.79 Å². The summed E-state index contributed by atoms with van der Waals surface area (Å²) in [6, 6.07) is 13.4. The molecular weight excluding hydrogens is 271 g/mol. The number of rotatable bonds is 6. The van der Waals surface area contributed by atoms with E-state index in [-0.39, 0.29) is 18.6 Å². The van der Waals surface area contributed by atoms with Gasteiger partial charge in [-0.15, -0.1) is 0 Å². The molecule has 110 valence electrons. The minimum absolute atomic E-state index is 0.192. The molecule has 0 heterocycles. The minimum Gasteiger partial charge on any atom is -0.494 e. The zero-order valence-electron chi connectivity index (χ0n) is 11.8. The molecule has 21 heavy (non-hydrogen) atoms. The summed E-state index contributed by atoms with van der Waals surface area (Å²) in [6.45, 7) is 2.19. The number of ether oxygens (including phenoxy) is 1. The Balaban J connectivity index is 2.00. The van der Waals surface area contributed by atoms with Crippen molar-refractivity contribution in [2.45, 2.75) is 19.3 Å². The van der Waals surface area contributed by atoms with Crippen LogP contribution < -0.4 is 4.74 Å². The highest BCUT2D eigenvalue weighted by atomic mass is 19.1. The Morgan fingerprint density at radius 3 is 2.48 bits per heavy atom. The Kier molecular flexibility index (Phi) is 4.93. The van der Waals surface area contributed by atoms with Crippen LogP contribution in [0.2, 0.25) is 0 Å². The standard InChI is InChI=1S/C17H17FO3/c1-12-6-8-13(9-7-12)21-11-10-15(17(19)20)14-4-2-3-5-16(14)18/h2-9,15H,10-11H2,1H3,(H,19,20). The number of carbonyl (C=O) groups is 1. The zero-order chi connectivity index (χ0) is 15.2. The van der Waals surface area contributed by atoms with Gasteiger partial charge < -0.3 is 9.84 Å². The maximum Gasteiger partial charge on any atom is 0.311 e. The van der Waals surface area contributed by atoms with Crippen molar-refractivity contribution in [3.8, 4) is 5.75 Å². The minimum atomic E-state index is -1.05. The molecule has 2 aromatic rings. The third kappa shape index (κ3) is 4.05. The highest BCUT2D eigenvalue weighted by Crippen LogP contribution is 2.23. The van der Waals surface area contributed by atoms with Crippen LogP contribution in [0.3, 0.4) is 0 Å². The molecule has 0 aliphatic heterocycles. The molecule has 1 atom stereocenters. The maximum atomic E-state index is 13.7. The second kappa shape index (κ2) is 6.88. The number of carboxylic acids is 1. The molecule has 2 rings (SSSR count). The van der Waals surface area contributed by atoms with Gasteiger partial charge in [0.25, 0.3) is 0 Å². The average molecular weight is 288 g/mol. The second-order valence-corrected chi connectivity index (χ2v) is 4.86. The molecule has 0 radical (unpaired) electrons. The van der Waals surface area contributed by atoms with Gasteiger partial charge in [0, 0.05) is 5.56 Å². The maximum absolute atomic E-state index is 13.7. The lowest BCUT2D eigenvalue weighted by atomic mass is 9.96. The van der Waals surface area contributed by atoms with Crippen molar-refractivity contribution in [1.29, 1.82) is 0 Å². The van der Waals surface area contributed by atoms with E-state index in [0.717, 1.165) is 5.56 Å².